The highest BCUT2D eigenvalue weighted by Gasteiger charge is 2.30. The lowest BCUT2D eigenvalue weighted by Gasteiger charge is -2.23. The van der Waals surface area contributed by atoms with Gasteiger partial charge in [-0.2, -0.15) is 0 Å². The number of carboxylic acid groups (broad SMARTS) is 1. The number of rotatable bonds is 15. The van der Waals surface area contributed by atoms with Gasteiger partial charge in [-0.25, -0.2) is 4.79 Å². The van der Waals surface area contributed by atoms with E-state index in [9.17, 15) is 29.1 Å². The molecule has 13 N–H and O–H groups in total. The SMILES string of the molecule is C[C@H](N)C(=O)N[C@@H](CCCN=C(N)N)C(=O)NCC(=O)N[C@H](C(=O)N[C@@H](CO)C(=O)O)[C@@H](C)O. The van der Waals surface area contributed by atoms with E-state index in [0.717, 1.165) is 0 Å². The summed E-state index contributed by atoms with van der Waals surface area (Å²) in [6, 6.07) is -5.16. The van der Waals surface area contributed by atoms with Crippen LogP contribution in [-0.2, 0) is 24.0 Å². The number of carboxylic acids is 1. The second-order valence-electron chi connectivity index (χ2n) is 7.38. The molecule has 34 heavy (non-hydrogen) atoms. The fourth-order valence-corrected chi connectivity index (χ4v) is 2.44. The van der Waals surface area contributed by atoms with Crippen LogP contribution in [0.4, 0.5) is 0 Å². The van der Waals surface area contributed by atoms with E-state index < -0.39 is 73.0 Å². The van der Waals surface area contributed by atoms with Gasteiger partial charge in [0.05, 0.1) is 25.3 Å². The predicted octanol–water partition coefficient (Wildman–Crippen LogP) is -5.58. The van der Waals surface area contributed by atoms with Crippen molar-refractivity contribution >= 4 is 35.6 Å². The molecule has 0 aliphatic heterocycles. The maximum atomic E-state index is 12.5. The minimum atomic E-state index is -1.64. The second kappa shape index (κ2) is 15.4. The first-order chi connectivity index (χ1) is 15.8. The molecule has 0 bridgehead atoms. The largest absolute Gasteiger partial charge is 0.480 e. The van der Waals surface area contributed by atoms with Gasteiger partial charge in [-0.3, -0.25) is 24.2 Å². The van der Waals surface area contributed by atoms with Crippen molar-refractivity contribution in [2.45, 2.75) is 57.0 Å². The highest BCUT2D eigenvalue weighted by atomic mass is 16.4. The monoisotopic (exact) mass is 490 g/mol. The Morgan fingerprint density at radius 3 is 2.00 bits per heavy atom. The molecule has 4 amide bonds. The Morgan fingerprint density at radius 1 is 0.941 bits per heavy atom. The lowest BCUT2D eigenvalue weighted by Crippen LogP contribution is -2.58. The van der Waals surface area contributed by atoms with E-state index in [1.807, 2.05) is 5.32 Å². The molecule has 0 radical (unpaired) electrons. The van der Waals surface area contributed by atoms with E-state index >= 15 is 0 Å². The average Bonchev–Trinajstić information content (AvgIpc) is 2.74. The first-order valence-electron chi connectivity index (χ1n) is 10.3. The fourth-order valence-electron chi connectivity index (χ4n) is 2.44. The third-order valence-electron chi connectivity index (χ3n) is 4.29. The van der Waals surface area contributed by atoms with Gasteiger partial charge in [0.15, 0.2) is 5.96 Å². The van der Waals surface area contributed by atoms with Crippen molar-refractivity contribution in [1.82, 2.24) is 21.3 Å². The molecule has 0 aromatic heterocycles. The first kappa shape index (κ1) is 30.5. The van der Waals surface area contributed by atoms with Crippen LogP contribution in [-0.4, -0.2) is 101 Å². The van der Waals surface area contributed by atoms with Crippen LogP contribution in [0.1, 0.15) is 26.7 Å². The Morgan fingerprint density at radius 2 is 1.53 bits per heavy atom. The topological polar surface area (TPSA) is 285 Å². The van der Waals surface area contributed by atoms with Crippen molar-refractivity contribution in [2.75, 3.05) is 19.7 Å². The van der Waals surface area contributed by atoms with Crippen LogP contribution in [0.25, 0.3) is 0 Å². The van der Waals surface area contributed by atoms with E-state index in [0.29, 0.717) is 6.42 Å². The Hall–Kier alpha value is -3.50. The molecule has 0 unspecified atom stereocenters. The Kier molecular flexibility index (Phi) is 13.8. The molecule has 5 atom stereocenters. The number of aliphatic carboxylic acids is 1. The van der Waals surface area contributed by atoms with Gasteiger partial charge in [0.25, 0.3) is 0 Å². The lowest BCUT2D eigenvalue weighted by molar-refractivity contribution is -0.144. The molecular weight excluding hydrogens is 456 g/mol. The second-order valence-corrected chi connectivity index (χ2v) is 7.38. The van der Waals surface area contributed by atoms with E-state index in [-0.39, 0.29) is 18.9 Å². The number of nitrogens with two attached hydrogens (primary N) is 3. The number of nitrogens with zero attached hydrogens (tertiary/aromatic N) is 1. The van der Waals surface area contributed by atoms with Gasteiger partial charge in [0.2, 0.25) is 23.6 Å². The minimum Gasteiger partial charge on any atom is -0.480 e. The highest BCUT2D eigenvalue weighted by molar-refractivity contribution is 5.94. The van der Waals surface area contributed by atoms with Gasteiger partial charge in [-0.05, 0) is 26.7 Å². The Labute approximate surface area is 195 Å². The van der Waals surface area contributed by atoms with Crippen LogP contribution in [0.15, 0.2) is 4.99 Å². The normalized spacial score (nSPS) is 15.0. The zero-order chi connectivity index (χ0) is 26.4. The third kappa shape index (κ3) is 11.9. The van der Waals surface area contributed by atoms with E-state index in [1.54, 1.807) is 0 Å². The lowest BCUT2D eigenvalue weighted by atomic mass is 10.1. The van der Waals surface area contributed by atoms with Crippen molar-refractivity contribution in [1.29, 1.82) is 0 Å². The van der Waals surface area contributed by atoms with Crippen LogP contribution < -0.4 is 38.5 Å². The van der Waals surface area contributed by atoms with Crippen molar-refractivity contribution in [2.24, 2.45) is 22.2 Å². The minimum absolute atomic E-state index is 0.124. The quantitative estimate of drug-likeness (QED) is 0.0586. The molecule has 16 nitrogen and oxygen atoms in total. The van der Waals surface area contributed by atoms with Gasteiger partial charge in [0.1, 0.15) is 18.1 Å². The standard InChI is InChI=1S/C18H34N8O8/c1-8(19)14(30)24-10(4-3-5-22-18(20)21)15(31)23-6-12(29)26-13(9(2)28)16(32)25-11(7-27)17(33)34/h8-11,13,27-28H,3-7,19H2,1-2H3,(H,23,31)(H,24,30)(H,25,32)(H,26,29)(H,33,34)(H4,20,21,22)/t8-,9+,10-,11-,13-/m0/s1. The number of aliphatic hydroxyl groups excluding tert-OH is 2. The highest BCUT2D eigenvalue weighted by Crippen LogP contribution is 2.00. The van der Waals surface area contributed by atoms with Crippen molar-refractivity contribution in [3.05, 3.63) is 0 Å². The molecule has 0 aliphatic carbocycles. The molecule has 0 aromatic rings. The summed E-state index contributed by atoms with van der Waals surface area (Å²) >= 11 is 0. The van der Waals surface area contributed by atoms with Crippen molar-refractivity contribution in [3.8, 4) is 0 Å². The summed E-state index contributed by atoms with van der Waals surface area (Å²) in [5.41, 5.74) is 16.0. The molecule has 0 heterocycles. The fraction of sp³-hybridized carbons (Fsp3) is 0.667. The number of guanidine groups is 1. The molecule has 0 aliphatic rings. The number of aliphatic imine (C=N–C) groups is 1. The summed E-state index contributed by atoms with van der Waals surface area (Å²) < 4.78 is 0. The molecule has 0 aromatic carbocycles. The van der Waals surface area contributed by atoms with E-state index in [2.05, 4.69) is 20.9 Å². The Bertz CT molecular complexity index is 754. The zero-order valence-corrected chi connectivity index (χ0v) is 19.0. The van der Waals surface area contributed by atoms with E-state index in [1.165, 1.54) is 13.8 Å². The zero-order valence-electron chi connectivity index (χ0n) is 19.0. The summed E-state index contributed by atoms with van der Waals surface area (Å²) in [7, 11) is 0. The molecule has 0 rings (SSSR count). The van der Waals surface area contributed by atoms with E-state index in [4.69, 9.17) is 27.4 Å². The molecule has 0 fully saturated rings. The maximum Gasteiger partial charge on any atom is 0.328 e. The van der Waals surface area contributed by atoms with Gasteiger partial charge in [-0.1, -0.05) is 0 Å². The van der Waals surface area contributed by atoms with Crippen LogP contribution in [0.3, 0.4) is 0 Å². The average molecular weight is 491 g/mol. The number of carbonyl (C=O) groups is 5. The third-order valence-corrected chi connectivity index (χ3v) is 4.29. The number of aliphatic hydroxyl groups is 2. The number of carbonyl (C=O) groups excluding carboxylic acids is 4. The number of nitrogens with one attached hydrogen (secondary N) is 4. The van der Waals surface area contributed by atoms with Crippen molar-refractivity contribution in [3.63, 3.8) is 0 Å². The van der Waals surface area contributed by atoms with Crippen molar-refractivity contribution < 1.29 is 39.3 Å². The van der Waals surface area contributed by atoms with Crippen LogP contribution >= 0.6 is 0 Å². The molecular formula is C18H34N8O8. The smallest absolute Gasteiger partial charge is 0.328 e. The Balaban J connectivity index is 5.04. The predicted molar refractivity (Wildman–Crippen MR) is 119 cm³/mol. The number of hydrogen-bond acceptors (Lipinski definition) is 9. The van der Waals surface area contributed by atoms with Crippen LogP contribution in [0.2, 0.25) is 0 Å². The summed E-state index contributed by atoms with van der Waals surface area (Å²) in [6.07, 6.45) is -0.984. The van der Waals surface area contributed by atoms with Crippen LogP contribution in [0.5, 0.6) is 0 Å². The summed E-state index contributed by atoms with van der Waals surface area (Å²) in [4.78, 5) is 63.5. The van der Waals surface area contributed by atoms with Gasteiger partial charge >= 0.3 is 5.97 Å². The summed E-state index contributed by atoms with van der Waals surface area (Å²) in [5.74, 6) is -4.92. The first-order valence-corrected chi connectivity index (χ1v) is 10.3. The van der Waals surface area contributed by atoms with Gasteiger partial charge < -0.3 is 53.8 Å². The summed E-state index contributed by atoms with van der Waals surface area (Å²) in [6.45, 7) is 1.25. The molecule has 16 heteroatoms. The number of amides is 4. The molecule has 194 valence electrons. The molecule has 0 spiro atoms. The maximum absolute atomic E-state index is 12.5. The molecule has 0 saturated heterocycles. The number of hydrogen-bond donors (Lipinski definition) is 10. The van der Waals surface area contributed by atoms with Gasteiger partial charge in [0, 0.05) is 6.54 Å². The summed E-state index contributed by atoms with van der Waals surface area (Å²) in [5, 5.41) is 36.5. The molecule has 0 saturated carbocycles. The van der Waals surface area contributed by atoms with Crippen LogP contribution in [0, 0.1) is 0 Å². The van der Waals surface area contributed by atoms with Gasteiger partial charge in [-0.15, -0.1) is 0 Å².